The third kappa shape index (κ3) is 5.35. The first-order valence-electron chi connectivity index (χ1n) is 12.9. The van der Waals surface area contributed by atoms with Gasteiger partial charge in [-0.25, -0.2) is 28.3 Å². The Bertz CT molecular complexity index is 1490. The number of halogens is 2. The standard InChI is InChI=1S/C28H31F2N5O5/c1-14-18-10-31-22(34-26(36)33-21-13-38-12-20(21)29)9-16(18)8-17(23(14)30)19-11-32-25-24(15(19)2)35(6-7-39-25)27(37)40-28(3,4)5/h8-11,20-21H,6-7,12-13H2,1-5H3,(H2,31,33,34,36). The third-order valence-electron chi connectivity index (χ3n) is 6.78. The molecule has 5 rings (SSSR count). The van der Waals surface area contributed by atoms with E-state index in [1.165, 1.54) is 17.3 Å². The number of nitrogens with zero attached hydrogens (tertiary/aromatic N) is 3. The molecule has 1 fully saturated rings. The highest BCUT2D eigenvalue weighted by Gasteiger charge is 2.32. The first-order valence-corrected chi connectivity index (χ1v) is 12.9. The lowest BCUT2D eigenvalue weighted by Gasteiger charge is -2.32. The van der Waals surface area contributed by atoms with Crippen molar-refractivity contribution in [3.63, 3.8) is 0 Å². The highest BCUT2D eigenvalue weighted by molar-refractivity contribution is 5.97. The number of aryl methyl sites for hydroxylation is 1. The number of carbonyl (C=O) groups excluding carboxylic acids is 2. The summed E-state index contributed by atoms with van der Waals surface area (Å²) in [4.78, 5) is 35.5. The fraction of sp³-hybridized carbons (Fsp3) is 0.429. The van der Waals surface area contributed by atoms with Crippen molar-refractivity contribution in [2.75, 3.05) is 36.6 Å². The van der Waals surface area contributed by atoms with Crippen molar-refractivity contribution in [2.45, 2.75) is 52.4 Å². The van der Waals surface area contributed by atoms with E-state index in [1.807, 2.05) is 0 Å². The molecule has 3 aromatic rings. The van der Waals surface area contributed by atoms with E-state index in [9.17, 15) is 14.0 Å². The number of hydrogen-bond donors (Lipinski definition) is 2. The monoisotopic (exact) mass is 555 g/mol. The van der Waals surface area contributed by atoms with Crippen LogP contribution in [0.3, 0.4) is 0 Å². The van der Waals surface area contributed by atoms with Crippen LogP contribution in [0.4, 0.5) is 29.9 Å². The number of aromatic nitrogens is 2. The van der Waals surface area contributed by atoms with Crippen LogP contribution >= 0.6 is 0 Å². The van der Waals surface area contributed by atoms with E-state index in [-0.39, 0.29) is 43.6 Å². The van der Waals surface area contributed by atoms with E-state index in [4.69, 9.17) is 14.2 Å². The van der Waals surface area contributed by atoms with E-state index >= 15 is 4.39 Å². The van der Waals surface area contributed by atoms with E-state index in [0.29, 0.717) is 33.2 Å². The summed E-state index contributed by atoms with van der Waals surface area (Å²) in [5, 5.41) is 6.31. The van der Waals surface area contributed by atoms with Crippen molar-refractivity contribution >= 4 is 34.4 Å². The number of benzene rings is 1. The lowest BCUT2D eigenvalue weighted by atomic mass is 9.95. The van der Waals surface area contributed by atoms with E-state index in [0.717, 1.165) is 0 Å². The Morgan fingerprint density at radius 1 is 1.10 bits per heavy atom. The minimum Gasteiger partial charge on any atom is -0.474 e. The summed E-state index contributed by atoms with van der Waals surface area (Å²) in [6, 6.07) is 1.89. The number of nitrogens with one attached hydrogen (secondary N) is 2. The van der Waals surface area contributed by atoms with E-state index < -0.39 is 35.8 Å². The van der Waals surface area contributed by atoms with Gasteiger partial charge in [-0.2, -0.15) is 0 Å². The molecule has 12 heteroatoms. The fourth-order valence-corrected chi connectivity index (χ4v) is 4.80. The molecule has 2 unspecified atom stereocenters. The van der Waals surface area contributed by atoms with E-state index in [2.05, 4.69) is 20.6 Å². The van der Waals surface area contributed by atoms with Crippen molar-refractivity contribution in [3.8, 4) is 17.0 Å². The number of alkyl halides is 1. The van der Waals surface area contributed by atoms with Crippen LogP contribution in [0.5, 0.6) is 5.88 Å². The summed E-state index contributed by atoms with van der Waals surface area (Å²) in [6.45, 7) is 9.29. The third-order valence-corrected chi connectivity index (χ3v) is 6.78. The number of anilines is 2. The molecule has 0 radical (unpaired) electrons. The lowest BCUT2D eigenvalue weighted by Crippen LogP contribution is -2.43. The Morgan fingerprint density at radius 3 is 2.58 bits per heavy atom. The maximum Gasteiger partial charge on any atom is 0.415 e. The number of amides is 3. The molecular formula is C28H31F2N5O5. The zero-order valence-corrected chi connectivity index (χ0v) is 22.9. The molecule has 1 aromatic carbocycles. The molecule has 2 N–H and O–H groups in total. The van der Waals surface area contributed by atoms with Crippen molar-refractivity contribution < 1.29 is 32.6 Å². The highest BCUT2D eigenvalue weighted by atomic mass is 19.1. The van der Waals surface area contributed by atoms with E-state index in [1.54, 1.807) is 46.8 Å². The maximum atomic E-state index is 15.8. The van der Waals surface area contributed by atoms with Crippen molar-refractivity contribution in [1.82, 2.24) is 15.3 Å². The molecule has 10 nitrogen and oxygen atoms in total. The summed E-state index contributed by atoms with van der Waals surface area (Å²) < 4.78 is 45.9. The summed E-state index contributed by atoms with van der Waals surface area (Å²) in [5.74, 6) is 0.00981. The zero-order valence-electron chi connectivity index (χ0n) is 22.9. The number of carbonyl (C=O) groups is 2. The average Bonchev–Trinajstić information content (AvgIpc) is 3.29. The first-order chi connectivity index (χ1) is 18.9. The molecule has 2 aromatic heterocycles. The minimum atomic E-state index is -1.28. The predicted molar refractivity (Wildman–Crippen MR) is 145 cm³/mol. The maximum absolute atomic E-state index is 15.8. The number of ether oxygens (including phenoxy) is 3. The molecule has 0 aliphatic carbocycles. The normalized spacial score (nSPS) is 18.7. The Balaban J connectivity index is 1.50. The Hall–Kier alpha value is -4.06. The quantitative estimate of drug-likeness (QED) is 0.465. The molecule has 40 heavy (non-hydrogen) atoms. The molecule has 4 heterocycles. The van der Waals surface area contributed by atoms with Gasteiger partial charge in [-0.05, 0) is 63.3 Å². The second-order valence-electron chi connectivity index (χ2n) is 10.8. The molecule has 3 amide bonds. The van der Waals surface area contributed by atoms with Gasteiger partial charge in [0.2, 0.25) is 5.88 Å². The first kappa shape index (κ1) is 27.5. The summed E-state index contributed by atoms with van der Waals surface area (Å²) >= 11 is 0. The highest BCUT2D eigenvalue weighted by Crippen LogP contribution is 2.41. The predicted octanol–water partition coefficient (Wildman–Crippen LogP) is 5.05. The van der Waals surface area contributed by atoms with Crippen LogP contribution in [0.2, 0.25) is 0 Å². The Morgan fingerprint density at radius 2 is 1.88 bits per heavy atom. The van der Waals surface area contributed by atoms with Crippen LogP contribution in [0, 0.1) is 19.7 Å². The summed E-state index contributed by atoms with van der Waals surface area (Å²) in [7, 11) is 0. The topological polar surface area (TPSA) is 115 Å². The molecule has 2 atom stereocenters. The molecule has 1 saturated heterocycles. The van der Waals surface area contributed by atoms with Gasteiger partial charge in [0.05, 0.1) is 25.8 Å². The number of hydrogen-bond acceptors (Lipinski definition) is 7. The van der Waals surface area contributed by atoms with Crippen LogP contribution < -0.4 is 20.3 Å². The Labute approximate surface area is 230 Å². The van der Waals surface area contributed by atoms with Gasteiger partial charge in [0.25, 0.3) is 0 Å². The SMILES string of the molecule is Cc1c(-c2cc3cc(NC(=O)NC4COCC4F)ncc3c(C)c2F)cnc2c1N(C(=O)OC(C)(C)C)CCO2. The van der Waals surface area contributed by atoms with Crippen LogP contribution in [0.25, 0.3) is 21.9 Å². The number of pyridine rings is 2. The van der Waals surface area contributed by atoms with Gasteiger partial charge < -0.3 is 19.5 Å². The van der Waals surface area contributed by atoms with Gasteiger partial charge in [0.1, 0.15) is 35.7 Å². The lowest BCUT2D eigenvalue weighted by molar-refractivity contribution is 0.0566. The van der Waals surface area contributed by atoms with Crippen molar-refractivity contribution in [2.24, 2.45) is 0 Å². The minimum absolute atomic E-state index is 0.0641. The number of urea groups is 1. The summed E-state index contributed by atoms with van der Waals surface area (Å²) in [6.07, 6.45) is 1.16. The van der Waals surface area contributed by atoms with Crippen LogP contribution in [-0.2, 0) is 9.47 Å². The molecule has 0 saturated carbocycles. The second kappa shape index (κ2) is 10.5. The van der Waals surface area contributed by atoms with Crippen LogP contribution in [0.1, 0.15) is 31.9 Å². The van der Waals surface area contributed by atoms with Gasteiger partial charge >= 0.3 is 12.1 Å². The Kier molecular flexibility index (Phi) is 7.21. The van der Waals surface area contributed by atoms with Crippen molar-refractivity contribution in [3.05, 3.63) is 41.5 Å². The zero-order chi connectivity index (χ0) is 28.8. The average molecular weight is 556 g/mol. The molecule has 0 spiro atoms. The van der Waals surface area contributed by atoms with Crippen LogP contribution in [0.15, 0.2) is 24.5 Å². The van der Waals surface area contributed by atoms with Gasteiger partial charge in [-0.3, -0.25) is 10.2 Å². The van der Waals surface area contributed by atoms with Gasteiger partial charge in [-0.1, -0.05) is 0 Å². The molecular weight excluding hydrogens is 524 g/mol. The van der Waals surface area contributed by atoms with Crippen molar-refractivity contribution in [1.29, 1.82) is 0 Å². The van der Waals surface area contributed by atoms with Gasteiger partial charge in [0.15, 0.2) is 0 Å². The van der Waals surface area contributed by atoms with Gasteiger partial charge in [0, 0.05) is 28.9 Å². The largest absolute Gasteiger partial charge is 0.474 e. The van der Waals surface area contributed by atoms with Gasteiger partial charge in [-0.15, -0.1) is 0 Å². The fourth-order valence-electron chi connectivity index (χ4n) is 4.80. The second-order valence-corrected chi connectivity index (χ2v) is 10.8. The molecule has 0 bridgehead atoms. The van der Waals surface area contributed by atoms with Crippen LogP contribution in [-0.4, -0.2) is 66.3 Å². The smallest absolute Gasteiger partial charge is 0.415 e. The molecule has 2 aliphatic heterocycles. The number of fused-ring (bicyclic) bond motifs is 2. The summed E-state index contributed by atoms with van der Waals surface area (Å²) in [5.41, 5.74) is 1.41. The molecule has 2 aliphatic rings. The number of rotatable bonds is 3. The molecule has 212 valence electrons.